The summed E-state index contributed by atoms with van der Waals surface area (Å²) in [6.45, 7) is 4.35. The van der Waals surface area contributed by atoms with Gasteiger partial charge in [0.25, 0.3) is 0 Å². The van der Waals surface area contributed by atoms with Gasteiger partial charge >= 0.3 is 0 Å². The molecule has 0 N–H and O–H groups in total. The van der Waals surface area contributed by atoms with Crippen molar-refractivity contribution in [2.24, 2.45) is 0 Å². The summed E-state index contributed by atoms with van der Waals surface area (Å²) in [5, 5.41) is 9.38. The van der Waals surface area contributed by atoms with E-state index in [2.05, 4.69) is 254 Å². The molecule has 13 aromatic rings. The monoisotopic (exact) mass is 868 g/mol. The van der Waals surface area contributed by atoms with Crippen LogP contribution in [-0.2, 0) is 5.41 Å². The molecular weight excluding hydrogens is 825 g/mol. The molecule has 0 atom stereocenters. The summed E-state index contributed by atoms with van der Waals surface area (Å²) in [6.07, 6.45) is 0. The number of hydrogen-bond donors (Lipinski definition) is 0. The molecule has 2 aromatic heterocycles. The first kappa shape index (κ1) is 38.6. The minimum atomic E-state index is -0.653. The molecule has 0 amide bonds. The van der Waals surface area contributed by atoms with E-state index in [-0.39, 0.29) is 0 Å². The van der Waals surface area contributed by atoms with Crippen molar-refractivity contribution in [2.75, 3.05) is 4.90 Å². The molecular formula is C65H44N2O. The Kier molecular flexibility index (Phi) is 8.33. The fourth-order valence-electron chi connectivity index (χ4n) is 11.7. The lowest BCUT2D eigenvalue weighted by Crippen LogP contribution is -2.29. The molecule has 0 radical (unpaired) electrons. The van der Waals surface area contributed by atoms with Crippen molar-refractivity contribution in [3.05, 3.63) is 264 Å². The lowest BCUT2D eigenvalue weighted by Gasteiger charge is -2.35. The fraction of sp³-hybridized carbons (Fsp3) is 0.0462. The number of para-hydroxylation sites is 2. The lowest BCUT2D eigenvalue weighted by atomic mass is 9.67. The molecule has 0 unspecified atom stereocenters. The minimum absolute atomic E-state index is 0.653. The predicted octanol–water partition coefficient (Wildman–Crippen LogP) is 17.4. The van der Waals surface area contributed by atoms with Gasteiger partial charge in [-0.1, -0.05) is 187 Å². The molecule has 11 aromatic carbocycles. The first-order valence-electron chi connectivity index (χ1n) is 23.6. The van der Waals surface area contributed by atoms with E-state index in [0.29, 0.717) is 0 Å². The molecule has 1 aliphatic rings. The Bertz CT molecular complexity index is 4120. The Morgan fingerprint density at radius 2 is 1.03 bits per heavy atom. The molecule has 1 aliphatic carbocycles. The highest BCUT2D eigenvalue weighted by Crippen LogP contribution is 2.61. The Morgan fingerprint density at radius 3 is 1.82 bits per heavy atom. The number of aromatic nitrogens is 1. The Balaban J connectivity index is 1.13. The van der Waals surface area contributed by atoms with Gasteiger partial charge in [-0.05, 0) is 112 Å². The number of fused-ring (bicyclic) bond motifs is 12. The molecule has 0 saturated carbocycles. The maximum absolute atomic E-state index is 7.27. The van der Waals surface area contributed by atoms with Gasteiger partial charge in [-0.25, -0.2) is 0 Å². The van der Waals surface area contributed by atoms with Crippen LogP contribution in [0.1, 0.15) is 33.4 Å². The summed E-state index contributed by atoms with van der Waals surface area (Å²) in [5.74, 6) is 0. The Hall–Kier alpha value is -8.66. The zero-order valence-corrected chi connectivity index (χ0v) is 37.7. The molecule has 3 heteroatoms. The van der Waals surface area contributed by atoms with Crippen LogP contribution in [0.25, 0.3) is 82.1 Å². The Morgan fingerprint density at radius 1 is 0.426 bits per heavy atom. The third-order valence-electron chi connectivity index (χ3n) is 14.8. The van der Waals surface area contributed by atoms with Crippen LogP contribution in [0.3, 0.4) is 0 Å². The fourth-order valence-corrected chi connectivity index (χ4v) is 11.7. The molecule has 0 aliphatic heterocycles. The van der Waals surface area contributed by atoms with Crippen LogP contribution >= 0.6 is 0 Å². The zero-order chi connectivity index (χ0) is 45.1. The smallest absolute Gasteiger partial charge is 0.145 e. The average molecular weight is 869 g/mol. The second kappa shape index (κ2) is 14.7. The van der Waals surface area contributed by atoms with Gasteiger partial charge in [-0.2, -0.15) is 0 Å². The van der Waals surface area contributed by atoms with Crippen molar-refractivity contribution < 1.29 is 4.42 Å². The van der Waals surface area contributed by atoms with Crippen LogP contribution in [0.15, 0.2) is 235 Å². The van der Waals surface area contributed by atoms with E-state index in [0.717, 1.165) is 50.1 Å². The number of nitrogens with zero attached hydrogens (tertiary/aromatic N) is 2. The van der Waals surface area contributed by atoms with Crippen LogP contribution in [0, 0.1) is 13.8 Å². The maximum atomic E-state index is 7.27. The molecule has 0 spiro atoms. The molecule has 14 rings (SSSR count). The minimum Gasteiger partial charge on any atom is -0.455 e. The summed E-state index contributed by atoms with van der Waals surface area (Å²) in [7, 11) is 0. The van der Waals surface area contributed by atoms with Crippen LogP contribution < -0.4 is 4.90 Å². The van der Waals surface area contributed by atoms with E-state index in [1.165, 1.54) is 82.5 Å². The van der Waals surface area contributed by atoms with Crippen molar-refractivity contribution >= 4 is 82.4 Å². The van der Waals surface area contributed by atoms with Gasteiger partial charge in [0.2, 0.25) is 0 Å². The van der Waals surface area contributed by atoms with E-state index in [4.69, 9.17) is 4.42 Å². The van der Waals surface area contributed by atoms with Gasteiger partial charge in [-0.3, -0.25) is 0 Å². The van der Waals surface area contributed by atoms with Crippen molar-refractivity contribution in [1.82, 2.24) is 4.57 Å². The van der Waals surface area contributed by atoms with Crippen LogP contribution in [-0.4, -0.2) is 4.57 Å². The third-order valence-corrected chi connectivity index (χ3v) is 14.8. The van der Waals surface area contributed by atoms with Gasteiger partial charge in [0.05, 0.1) is 33.2 Å². The second-order valence-electron chi connectivity index (χ2n) is 18.6. The Labute approximate surface area is 394 Å². The summed E-state index contributed by atoms with van der Waals surface area (Å²) in [5.41, 5.74) is 17.5. The van der Waals surface area contributed by atoms with Crippen molar-refractivity contribution in [1.29, 1.82) is 0 Å². The molecule has 0 bridgehead atoms. The van der Waals surface area contributed by atoms with E-state index in [1.807, 2.05) is 0 Å². The normalized spacial score (nSPS) is 13.0. The SMILES string of the molecule is Cc1ccc(C2(c3ccc(C)cc3)c3ccccc3-c3c2cc(N(c2ccc4ccccc4c2)c2ccc4c(c2)c2ccccc2n4-c2cccc4ccccc24)c2c3oc3ccccc32)cc1. The first-order valence-corrected chi connectivity index (χ1v) is 23.6. The number of benzene rings is 11. The van der Waals surface area contributed by atoms with E-state index in [1.54, 1.807) is 0 Å². The summed E-state index contributed by atoms with van der Waals surface area (Å²) < 4.78 is 9.72. The van der Waals surface area contributed by atoms with Gasteiger partial charge in [-0.15, -0.1) is 0 Å². The molecule has 0 fully saturated rings. The van der Waals surface area contributed by atoms with Gasteiger partial charge in [0, 0.05) is 38.5 Å². The van der Waals surface area contributed by atoms with E-state index < -0.39 is 5.41 Å². The third kappa shape index (κ3) is 5.47. The molecule has 3 nitrogen and oxygen atoms in total. The van der Waals surface area contributed by atoms with Crippen molar-refractivity contribution in [3.8, 4) is 16.8 Å². The molecule has 2 heterocycles. The topological polar surface area (TPSA) is 21.3 Å². The maximum Gasteiger partial charge on any atom is 0.145 e. The van der Waals surface area contributed by atoms with Gasteiger partial charge in [0.15, 0.2) is 0 Å². The largest absolute Gasteiger partial charge is 0.455 e. The first-order chi connectivity index (χ1) is 33.5. The van der Waals surface area contributed by atoms with E-state index >= 15 is 0 Å². The van der Waals surface area contributed by atoms with Crippen LogP contribution in [0.4, 0.5) is 17.1 Å². The second-order valence-corrected chi connectivity index (χ2v) is 18.6. The van der Waals surface area contributed by atoms with Crippen molar-refractivity contribution in [3.63, 3.8) is 0 Å². The predicted molar refractivity (Wildman–Crippen MR) is 285 cm³/mol. The molecule has 0 saturated heterocycles. The number of anilines is 3. The van der Waals surface area contributed by atoms with Crippen LogP contribution in [0.2, 0.25) is 0 Å². The van der Waals surface area contributed by atoms with Gasteiger partial charge < -0.3 is 13.9 Å². The zero-order valence-electron chi connectivity index (χ0n) is 37.7. The summed E-state index contributed by atoms with van der Waals surface area (Å²) >= 11 is 0. The van der Waals surface area contributed by atoms with Crippen molar-refractivity contribution in [2.45, 2.75) is 19.3 Å². The average Bonchev–Trinajstić information content (AvgIpc) is 4.03. The van der Waals surface area contributed by atoms with Gasteiger partial charge in [0.1, 0.15) is 11.2 Å². The van der Waals surface area contributed by atoms with E-state index in [9.17, 15) is 0 Å². The standard InChI is InChI=1S/C65H44N2O/c1-41-26-31-46(32-27-41)65(47-33-28-42(2)29-34-47)55-22-10-7-20-52(55)62-56(65)40-60(63-53-21-9-12-25-61(53)68-64(62)63)66(48-35-30-43-14-3-4-16-45(43)38-48)49-36-37-59-54(39-49)51-19-8-11-23-58(51)67(59)57-24-13-17-44-15-5-6-18-50(44)57/h3-40H,1-2H3. The number of aryl methyl sites for hydroxylation is 2. The highest BCUT2D eigenvalue weighted by Gasteiger charge is 2.48. The highest BCUT2D eigenvalue weighted by atomic mass is 16.3. The highest BCUT2D eigenvalue weighted by molar-refractivity contribution is 6.20. The van der Waals surface area contributed by atoms with Crippen LogP contribution in [0.5, 0.6) is 0 Å². The molecule has 68 heavy (non-hydrogen) atoms. The lowest BCUT2D eigenvalue weighted by molar-refractivity contribution is 0.669. The quantitative estimate of drug-likeness (QED) is 0.166. The number of furan rings is 1. The summed E-state index contributed by atoms with van der Waals surface area (Å²) in [6, 6.07) is 85.3. The number of rotatable bonds is 6. The number of hydrogen-bond acceptors (Lipinski definition) is 2. The summed E-state index contributed by atoms with van der Waals surface area (Å²) in [4.78, 5) is 2.50. The molecule has 320 valence electrons.